The van der Waals surface area contributed by atoms with Crippen molar-refractivity contribution in [1.82, 2.24) is 4.90 Å². The maximum absolute atomic E-state index is 13.6. The van der Waals surface area contributed by atoms with Crippen LogP contribution in [-0.2, 0) is 16.1 Å². The number of carbonyl (C=O) groups excluding carboxylic acids is 1. The van der Waals surface area contributed by atoms with Crippen LogP contribution >= 0.6 is 0 Å². The van der Waals surface area contributed by atoms with Gasteiger partial charge in [-0.2, -0.15) is 5.26 Å². The fourth-order valence-corrected chi connectivity index (χ4v) is 2.45. The van der Waals surface area contributed by atoms with Gasteiger partial charge in [-0.1, -0.05) is 6.07 Å². The fraction of sp³-hybridized carbons (Fsp3) is 0.429. The normalized spacial score (nSPS) is 23.2. The molecule has 1 amide bonds. The van der Waals surface area contributed by atoms with Crippen LogP contribution in [0, 0.1) is 17.1 Å². The van der Waals surface area contributed by atoms with Crippen molar-refractivity contribution in [2.24, 2.45) is 5.73 Å². The molecule has 1 heterocycles. The van der Waals surface area contributed by atoms with Gasteiger partial charge in [-0.15, -0.1) is 0 Å². The number of morpholine rings is 1. The van der Waals surface area contributed by atoms with E-state index >= 15 is 0 Å². The van der Waals surface area contributed by atoms with Crippen molar-refractivity contribution in [3.8, 4) is 6.07 Å². The Labute approximate surface area is 116 Å². The van der Waals surface area contributed by atoms with Crippen LogP contribution < -0.4 is 5.73 Å². The van der Waals surface area contributed by atoms with E-state index in [9.17, 15) is 9.18 Å². The van der Waals surface area contributed by atoms with Gasteiger partial charge in [0.2, 0.25) is 5.91 Å². The summed E-state index contributed by atoms with van der Waals surface area (Å²) in [6.07, 6.45) is -0.288. The summed E-state index contributed by atoms with van der Waals surface area (Å²) in [5.74, 6) is -1.01. The van der Waals surface area contributed by atoms with Gasteiger partial charge >= 0.3 is 0 Å². The number of nitrogens with zero attached hydrogens (tertiary/aromatic N) is 2. The molecule has 1 aliphatic heterocycles. The summed E-state index contributed by atoms with van der Waals surface area (Å²) in [6, 6.07) is 5.69. The predicted molar refractivity (Wildman–Crippen MR) is 69.9 cm³/mol. The van der Waals surface area contributed by atoms with Gasteiger partial charge in [0.15, 0.2) is 0 Å². The van der Waals surface area contributed by atoms with E-state index in [4.69, 9.17) is 15.7 Å². The van der Waals surface area contributed by atoms with Gasteiger partial charge in [0, 0.05) is 13.1 Å². The number of rotatable bonds is 3. The maximum atomic E-state index is 13.6. The Bertz CT molecular complexity index is 556. The van der Waals surface area contributed by atoms with Gasteiger partial charge in [-0.3, -0.25) is 9.69 Å². The molecule has 0 saturated carbocycles. The highest BCUT2D eigenvalue weighted by molar-refractivity contribution is 5.80. The molecular weight excluding hydrogens is 261 g/mol. The summed E-state index contributed by atoms with van der Waals surface area (Å²) in [5, 5.41) is 8.70. The lowest BCUT2D eigenvalue weighted by Gasteiger charge is -2.37. The van der Waals surface area contributed by atoms with Crippen LogP contribution in [0.5, 0.6) is 0 Å². The summed E-state index contributed by atoms with van der Waals surface area (Å²) in [4.78, 5) is 13.4. The van der Waals surface area contributed by atoms with Gasteiger partial charge in [-0.25, -0.2) is 4.39 Å². The summed E-state index contributed by atoms with van der Waals surface area (Å²) in [6.45, 7) is 3.24. The number of nitrogens with two attached hydrogens (primary N) is 1. The molecule has 1 fully saturated rings. The van der Waals surface area contributed by atoms with E-state index < -0.39 is 17.8 Å². The van der Waals surface area contributed by atoms with Crippen molar-refractivity contribution in [3.63, 3.8) is 0 Å². The Morgan fingerprint density at radius 3 is 3.00 bits per heavy atom. The van der Waals surface area contributed by atoms with Crippen molar-refractivity contribution in [2.75, 3.05) is 13.2 Å². The Hall–Kier alpha value is -1.97. The zero-order valence-corrected chi connectivity index (χ0v) is 11.2. The average Bonchev–Trinajstić information content (AvgIpc) is 2.38. The van der Waals surface area contributed by atoms with Gasteiger partial charge in [0.1, 0.15) is 17.9 Å². The highest BCUT2D eigenvalue weighted by atomic mass is 19.1. The first-order valence-corrected chi connectivity index (χ1v) is 6.36. The van der Waals surface area contributed by atoms with Crippen LogP contribution in [0.3, 0.4) is 0 Å². The maximum Gasteiger partial charge on any atom is 0.237 e. The third-order valence-corrected chi connectivity index (χ3v) is 3.43. The lowest BCUT2D eigenvalue weighted by Crippen LogP contribution is -2.56. The lowest BCUT2D eigenvalue weighted by molar-refractivity contribution is -0.136. The molecule has 1 aromatic rings. The molecule has 2 rings (SSSR count). The highest BCUT2D eigenvalue weighted by Crippen LogP contribution is 2.18. The van der Waals surface area contributed by atoms with Crippen molar-refractivity contribution in [1.29, 1.82) is 5.26 Å². The van der Waals surface area contributed by atoms with E-state index in [1.807, 2.05) is 4.90 Å². The quantitative estimate of drug-likeness (QED) is 0.885. The number of carbonyl (C=O) groups is 1. The molecule has 1 aliphatic rings. The molecule has 0 bridgehead atoms. The van der Waals surface area contributed by atoms with E-state index in [1.54, 1.807) is 19.1 Å². The first-order chi connectivity index (χ1) is 9.52. The Morgan fingerprint density at radius 1 is 1.65 bits per heavy atom. The second-order valence-corrected chi connectivity index (χ2v) is 4.82. The Morgan fingerprint density at radius 2 is 2.40 bits per heavy atom. The zero-order chi connectivity index (χ0) is 14.7. The van der Waals surface area contributed by atoms with E-state index in [1.165, 1.54) is 12.1 Å². The molecule has 5 nitrogen and oxygen atoms in total. The van der Waals surface area contributed by atoms with Crippen molar-refractivity contribution in [2.45, 2.75) is 25.6 Å². The molecule has 20 heavy (non-hydrogen) atoms. The molecule has 0 aliphatic carbocycles. The minimum Gasteiger partial charge on any atom is -0.375 e. The van der Waals surface area contributed by atoms with Crippen molar-refractivity contribution in [3.05, 3.63) is 35.1 Å². The summed E-state index contributed by atoms with van der Waals surface area (Å²) < 4.78 is 19.0. The Kier molecular flexibility index (Phi) is 4.32. The first-order valence-electron chi connectivity index (χ1n) is 6.36. The van der Waals surface area contributed by atoms with Crippen LogP contribution in [0.4, 0.5) is 4.39 Å². The number of halogens is 1. The minimum atomic E-state index is -0.554. The SMILES string of the molecule is C[C@H]1OCCN(Cc2ccc(C#N)c(F)c2)[C@@H]1C(N)=O. The van der Waals surface area contributed by atoms with Crippen molar-refractivity contribution < 1.29 is 13.9 Å². The second kappa shape index (κ2) is 5.99. The van der Waals surface area contributed by atoms with Crippen LogP contribution in [0.1, 0.15) is 18.1 Å². The average molecular weight is 277 g/mol. The van der Waals surface area contributed by atoms with E-state index in [-0.39, 0.29) is 11.7 Å². The number of nitriles is 1. The van der Waals surface area contributed by atoms with E-state index in [0.717, 1.165) is 0 Å². The minimum absolute atomic E-state index is 0.00977. The van der Waals surface area contributed by atoms with Crippen molar-refractivity contribution >= 4 is 5.91 Å². The first kappa shape index (κ1) is 14.4. The lowest BCUT2D eigenvalue weighted by atomic mass is 10.1. The molecule has 1 aromatic carbocycles. The second-order valence-electron chi connectivity index (χ2n) is 4.82. The number of benzene rings is 1. The summed E-state index contributed by atoms with van der Waals surface area (Å²) in [7, 11) is 0. The van der Waals surface area contributed by atoms with Gasteiger partial charge in [-0.05, 0) is 24.6 Å². The smallest absolute Gasteiger partial charge is 0.237 e. The number of hydrogen-bond donors (Lipinski definition) is 1. The molecule has 0 radical (unpaired) electrons. The largest absolute Gasteiger partial charge is 0.375 e. The molecule has 106 valence electrons. The number of primary amides is 1. The fourth-order valence-electron chi connectivity index (χ4n) is 2.45. The number of amides is 1. The standard InChI is InChI=1S/C14H16FN3O2/c1-9-13(14(17)19)18(4-5-20-9)8-10-2-3-11(7-16)12(15)6-10/h2-3,6,9,13H,4-5,8H2,1H3,(H2,17,19)/t9-,13+/m1/s1. The van der Waals surface area contributed by atoms with Crippen LogP contribution in [0.15, 0.2) is 18.2 Å². The molecule has 0 aromatic heterocycles. The molecule has 2 N–H and O–H groups in total. The highest BCUT2D eigenvalue weighted by Gasteiger charge is 2.33. The number of ether oxygens (including phenoxy) is 1. The van der Waals surface area contributed by atoms with E-state index in [2.05, 4.69) is 0 Å². The topological polar surface area (TPSA) is 79.3 Å². The monoisotopic (exact) mass is 277 g/mol. The van der Waals surface area contributed by atoms with E-state index in [0.29, 0.717) is 25.3 Å². The number of hydrogen-bond acceptors (Lipinski definition) is 4. The summed E-state index contributed by atoms with van der Waals surface area (Å²) >= 11 is 0. The third kappa shape index (κ3) is 2.95. The molecule has 1 saturated heterocycles. The Balaban J connectivity index is 2.17. The van der Waals surface area contributed by atoms with Crippen LogP contribution in [0.2, 0.25) is 0 Å². The zero-order valence-electron chi connectivity index (χ0n) is 11.2. The van der Waals surface area contributed by atoms with Crippen LogP contribution in [0.25, 0.3) is 0 Å². The summed E-state index contributed by atoms with van der Waals surface area (Å²) in [5.41, 5.74) is 6.11. The van der Waals surface area contributed by atoms with Gasteiger partial charge in [0.25, 0.3) is 0 Å². The molecular formula is C14H16FN3O2. The molecule has 0 unspecified atom stereocenters. The molecule has 0 spiro atoms. The predicted octanol–water partition coefficient (Wildman–Crippen LogP) is 0.772. The third-order valence-electron chi connectivity index (χ3n) is 3.43. The molecule has 2 atom stereocenters. The van der Waals surface area contributed by atoms with Gasteiger partial charge < -0.3 is 10.5 Å². The van der Waals surface area contributed by atoms with Gasteiger partial charge in [0.05, 0.1) is 18.3 Å². The van der Waals surface area contributed by atoms with Crippen LogP contribution in [-0.4, -0.2) is 36.1 Å². The molecule has 6 heteroatoms.